The zero-order valence-corrected chi connectivity index (χ0v) is 13.9. The molecule has 1 aromatic carbocycles. The molecule has 1 heterocycles. The minimum atomic E-state index is -0.0982. The Morgan fingerprint density at radius 2 is 1.86 bits per heavy atom. The molecule has 1 amide bonds. The van der Waals surface area contributed by atoms with E-state index in [1.807, 2.05) is 24.3 Å². The van der Waals surface area contributed by atoms with E-state index < -0.39 is 0 Å². The van der Waals surface area contributed by atoms with Crippen molar-refractivity contribution < 1.29 is 4.79 Å². The van der Waals surface area contributed by atoms with Gasteiger partial charge < -0.3 is 10.3 Å². The van der Waals surface area contributed by atoms with Gasteiger partial charge in [0, 0.05) is 24.0 Å². The number of H-pyrrole nitrogens is 1. The third-order valence-corrected chi connectivity index (χ3v) is 4.34. The van der Waals surface area contributed by atoms with Crippen molar-refractivity contribution in [3.05, 3.63) is 38.8 Å². The van der Waals surface area contributed by atoms with Crippen LogP contribution in [0.15, 0.2) is 29.1 Å². The summed E-state index contributed by atoms with van der Waals surface area (Å²) in [5.41, 5.74) is 2.57. The van der Waals surface area contributed by atoms with Crippen LogP contribution in [0.4, 0.5) is 5.69 Å². The van der Waals surface area contributed by atoms with Crippen molar-refractivity contribution >= 4 is 22.9 Å². The van der Waals surface area contributed by atoms with Gasteiger partial charge in [0.15, 0.2) is 0 Å². The van der Waals surface area contributed by atoms with E-state index in [0.717, 1.165) is 41.5 Å². The number of nitrogens with one attached hydrogen (secondary N) is 2. The summed E-state index contributed by atoms with van der Waals surface area (Å²) in [6.07, 6.45) is 0. The summed E-state index contributed by atoms with van der Waals surface area (Å²) in [6.45, 7) is 8.36. The van der Waals surface area contributed by atoms with E-state index in [2.05, 4.69) is 29.0 Å². The van der Waals surface area contributed by atoms with Gasteiger partial charge >= 0.3 is 4.87 Å². The summed E-state index contributed by atoms with van der Waals surface area (Å²) in [5.74, 6) is -0.0982. The van der Waals surface area contributed by atoms with Crippen LogP contribution >= 0.6 is 11.3 Å². The highest BCUT2D eigenvalue weighted by molar-refractivity contribution is 7.09. The molecule has 2 rings (SSSR count). The first-order chi connectivity index (χ1) is 10.5. The molecule has 118 valence electrons. The van der Waals surface area contributed by atoms with Gasteiger partial charge in [0.25, 0.3) is 0 Å². The zero-order chi connectivity index (χ0) is 16.1. The highest BCUT2D eigenvalue weighted by Gasteiger charge is 2.13. The van der Waals surface area contributed by atoms with Gasteiger partial charge in [-0.2, -0.15) is 0 Å². The van der Waals surface area contributed by atoms with E-state index in [-0.39, 0.29) is 10.8 Å². The van der Waals surface area contributed by atoms with Gasteiger partial charge in [-0.1, -0.05) is 37.3 Å². The standard InChI is InChI=1S/C16H21N3O2S/c1-4-19(5-2)10-14-15(18-16(21)22-14)12-6-8-13(9-7-12)17-11(3)20/h6-9H,4-5,10H2,1-3H3,(H,17,20)(H,18,21). The second-order valence-corrected chi connectivity index (χ2v) is 6.10. The summed E-state index contributed by atoms with van der Waals surface area (Å²) in [6, 6.07) is 7.51. The number of hydrogen-bond acceptors (Lipinski definition) is 4. The van der Waals surface area contributed by atoms with Gasteiger partial charge in [0.2, 0.25) is 5.91 Å². The van der Waals surface area contributed by atoms with Crippen LogP contribution in [0.5, 0.6) is 0 Å². The number of hydrogen-bond donors (Lipinski definition) is 2. The van der Waals surface area contributed by atoms with Gasteiger partial charge in [0.1, 0.15) is 0 Å². The molecule has 0 saturated carbocycles. The Morgan fingerprint density at radius 3 is 2.41 bits per heavy atom. The Kier molecular flexibility index (Phi) is 5.51. The molecule has 1 aromatic heterocycles. The first kappa shape index (κ1) is 16.5. The lowest BCUT2D eigenvalue weighted by Crippen LogP contribution is -2.21. The van der Waals surface area contributed by atoms with E-state index in [0.29, 0.717) is 0 Å². The molecule has 0 radical (unpaired) electrons. The maximum atomic E-state index is 11.7. The van der Waals surface area contributed by atoms with Crippen molar-refractivity contribution in [3.63, 3.8) is 0 Å². The normalized spacial score (nSPS) is 10.9. The largest absolute Gasteiger partial charge is 0.326 e. The van der Waals surface area contributed by atoms with Crippen molar-refractivity contribution in [1.29, 1.82) is 0 Å². The Labute approximate surface area is 134 Å². The predicted molar refractivity (Wildman–Crippen MR) is 91.3 cm³/mol. The van der Waals surface area contributed by atoms with Crippen molar-refractivity contribution in [2.45, 2.75) is 27.3 Å². The molecule has 0 aliphatic carbocycles. The lowest BCUT2D eigenvalue weighted by Gasteiger charge is -2.17. The quantitative estimate of drug-likeness (QED) is 0.860. The van der Waals surface area contributed by atoms with Crippen LogP contribution in [-0.2, 0) is 11.3 Å². The number of rotatable bonds is 6. The number of amides is 1. The highest BCUT2D eigenvalue weighted by Crippen LogP contribution is 2.25. The van der Waals surface area contributed by atoms with E-state index in [1.54, 1.807) is 0 Å². The smallest absolute Gasteiger partial charge is 0.305 e. The van der Waals surface area contributed by atoms with E-state index in [4.69, 9.17) is 0 Å². The van der Waals surface area contributed by atoms with E-state index >= 15 is 0 Å². The van der Waals surface area contributed by atoms with Crippen molar-refractivity contribution in [1.82, 2.24) is 9.88 Å². The summed E-state index contributed by atoms with van der Waals surface area (Å²) < 4.78 is 0. The monoisotopic (exact) mass is 319 g/mol. The van der Waals surface area contributed by atoms with E-state index in [1.165, 1.54) is 18.3 Å². The lowest BCUT2D eigenvalue weighted by atomic mass is 10.1. The third-order valence-electron chi connectivity index (χ3n) is 3.48. The highest BCUT2D eigenvalue weighted by atomic mass is 32.1. The molecular formula is C16H21N3O2S. The SMILES string of the molecule is CCN(CC)Cc1sc(=O)[nH]c1-c1ccc(NC(C)=O)cc1. The van der Waals surface area contributed by atoms with Crippen LogP contribution < -0.4 is 10.2 Å². The number of benzene rings is 1. The number of aromatic amines is 1. The number of nitrogens with zero attached hydrogens (tertiary/aromatic N) is 1. The molecule has 0 aliphatic rings. The van der Waals surface area contributed by atoms with Crippen molar-refractivity contribution in [3.8, 4) is 11.3 Å². The second kappa shape index (κ2) is 7.38. The van der Waals surface area contributed by atoms with Crippen LogP contribution in [0.2, 0.25) is 0 Å². The average Bonchev–Trinajstić information content (AvgIpc) is 2.85. The molecule has 0 bridgehead atoms. The molecular weight excluding hydrogens is 298 g/mol. The van der Waals surface area contributed by atoms with Crippen LogP contribution in [0.25, 0.3) is 11.3 Å². The molecule has 0 fully saturated rings. The Morgan fingerprint density at radius 1 is 1.23 bits per heavy atom. The molecule has 0 atom stereocenters. The summed E-state index contributed by atoms with van der Waals surface area (Å²) in [4.78, 5) is 29.0. The molecule has 2 aromatic rings. The molecule has 2 N–H and O–H groups in total. The van der Waals surface area contributed by atoms with Crippen molar-refractivity contribution in [2.75, 3.05) is 18.4 Å². The molecule has 0 aliphatic heterocycles. The first-order valence-corrected chi connectivity index (χ1v) is 8.17. The molecule has 0 unspecified atom stereocenters. The van der Waals surface area contributed by atoms with Gasteiger partial charge in [-0.05, 0) is 30.8 Å². The van der Waals surface area contributed by atoms with Gasteiger partial charge in [-0.25, -0.2) is 0 Å². The molecule has 22 heavy (non-hydrogen) atoms. The Balaban J connectivity index is 2.28. The fourth-order valence-corrected chi connectivity index (χ4v) is 3.17. The lowest BCUT2D eigenvalue weighted by molar-refractivity contribution is -0.114. The van der Waals surface area contributed by atoms with Crippen LogP contribution in [0, 0.1) is 0 Å². The number of carbonyl (C=O) groups is 1. The van der Waals surface area contributed by atoms with Crippen molar-refractivity contribution in [2.24, 2.45) is 0 Å². The second-order valence-electron chi connectivity index (χ2n) is 5.03. The van der Waals surface area contributed by atoms with Gasteiger partial charge in [-0.3, -0.25) is 14.5 Å². The zero-order valence-electron chi connectivity index (χ0n) is 13.1. The minimum absolute atomic E-state index is 0.0388. The number of carbonyl (C=O) groups excluding carboxylic acids is 1. The minimum Gasteiger partial charge on any atom is -0.326 e. The molecule has 0 spiro atoms. The Hall–Kier alpha value is -1.92. The Bertz CT molecular complexity index is 684. The topological polar surface area (TPSA) is 65.2 Å². The average molecular weight is 319 g/mol. The predicted octanol–water partition coefficient (Wildman–Crippen LogP) is 2.90. The number of aromatic nitrogens is 1. The summed E-state index contributed by atoms with van der Waals surface area (Å²) in [7, 11) is 0. The summed E-state index contributed by atoms with van der Waals surface area (Å²) >= 11 is 1.26. The number of thiazole rings is 1. The third kappa shape index (κ3) is 4.05. The molecule has 0 saturated heterocycles. The van der Waals surface area contributed by atoms with Gasteiger partial charge in [0.05, 0.1) is 5.69 Å². The fourth-order valence-electron chi connectivity index (χ4n) is 2.28. The number of anilines is 1. The van der Waals surface area contributed by atoms with Crippen LogP contribution in [0.1, 0.15) is 25.6 Å². The summed E-state index contributed by atoms with van der Waals surface area (Å²) in [5, 5.41) is 2.74. The van der Waals surface area contributed by atoms with Crippen LogP contribution in [-0.4, -0.2) is 28.9 Å². The van der Waals surface area contributed by atoms with Gasteiger partial charge in [-0.15, -0.1) is 0 Å². The van der Waals surface area contributed by atoms with Crippen LogP contribution in [0.3, 0.4) is 0 Å². The molecule has 6 heteroatoms. The maximum absolute atomic E-state index is 11.7. The fraction of sp³-hybridized carbons (Fsp3) is 0.375. The van der Waals surface area contributed by atoms with E-state index in [9.17, 15) is 9.59 Å². The first-order valence-electron chi connectivity index (χ1n) is 7.35. The molecule has 5 nitrogen and oxygen atoms in total. The maximum Gasteiger partial charge on any atom is 0.305 e.